The zero-order valence-corrected chi connectivity index (χ0v) is 13.5. The van der Waals surface area contributed by atoms with E-state index in [4.69, 9.17) is 0 Å². The van der Waals surface area contributed by atoms with E-state index in [1.165, 1.54) is 38.5 Å². The molecule has 0 atom stereocenters. The van der Waals surface area contributed by atoms with Crippen LogP contribution in [0.25, 0.3) is 0 Å². The van der Waals surface area contributed by atoms with Gasteiger partial charge in [0.25, 0.3) is 0 Å². The van der Waals surface area contributed by atoms with Crippen LogP contribution in [-0.4, -0.2) is 18.7 Å². The van der Waals surface area contributed by atoms with Gasteiger partial charge in [-0.25, -0.2) is 8.42 Å². The van der Waals surface area contributed by atoms with Gasteiger partial charge in [-0.15, -0.1) is 0 Å². The monoisotopic (exact) mass is 258 g/mol. The summed E-state index contributed by atoms with van der Waals surface area (Å²) in [5.74, 6) is -0.192. The smallest absolute Gasteiger partial charge is 0.748 e. The van der Waals surface area contributed by atoms with E-state index in [1.807, 2.05) is 0 Å². The first kappa shape index (κ1) is 19.3. The molecule has 0 aliphatic carbocycles. The maximum Gasteiger partial charge on any atom is 1.00 e. The van der Waals surface area contributed by atoms with E-state index in [1.54, 1.807) is 0 Å². The van der Waals surface area contributed by atoms with E-state index in [2.05, 4.69) is 6.92 Å². The van der Waals surface area contributed by atoms with Crippen LogP contribution in [0.4, 0.5) is 0 Å². The van der Waals surface area contributed by atoms with Gasteiger partial charge in [0.1, 0.15) is 0 Å². The quantitative estimate of drug-likeness (QED) is 0.316. The Hall–Kier alpha value is 0.910. The Morgan fingerprint density at radius 2 is 1.19 bits per heavy atom. The molecule has 0 aliphatic rings. The van der Waals surface area contributed by atoms with Crippen molar-refractivity contribution in [2.45, 2.75) is 64.7 Å². The van der Waals surface area contributed by atoms with Gasteiger partial charge >= 0.3 is 29.6 Å². The van der Waals surface area contributed by atoms with Crippen molar-refractivity contribution in [2.24, 2.45) is 0 Å². The Kier molecular flexibility index (Phi) is 14.9. The molecule has 0 aliphatic heterocycles. The second-order valence-electron chi connectivity index (χ2n) is 4.09. The molecule has 0 saturated heterocycles. The SMILES string of the molecule is CCCCCCCCCCCS(=O)(=O)[O-].[Na+]. The minimum absolute atomic E-state index is 0. The summed E-state index contributed by atoms with van der Waals surface area (Å²) in [5.41, 5.74) is 0. The molecule has 0 bridgehead atoms. The molecule has 0 saturated carbocycles. The molecule has 0 rings (SSSR count). The van der Waals surface area contributed by atoms with Crippen LogP contribution in [0.3, 0.4) is 0 Å². The minimum Gasteiger partial charge on any atom is -0.748 e. The summed E-state index contributed by atoms with van der Waals surface area (Å²) in [4.78, 5) is 0. The van der Waals surface area contributed by atoms with Crippen molar-refractivity contribution < 1.29 is 42.5 Å². The van der Waals surface area contributed by atoms with Crippen molar-refractivity contribution in [1.82, 2.24) is 0 Å². The fraction of sp³-hybridized carbons (Fsp3) is 1.00. The molecule has 0 unspecified atom stereocenters. The molecule has 0 heterocycles. The average Bonchev–Trinajstić information content (AvgIpc) is 2.14. The third kappa shape index (κ3) is 17.3. The molecule has 0 aromatic rings. The van der Waals surface area contributed by atoms with Crippen LogP contribution in [0, 0.1) is 0 Å². The van der Waals surface area contributed by atoms with E-state index in [0.29, 0.717) is 6.42 Å². The summed E-state index contributed by atoms with van der Waals surface area (Å²) in [6.45, 7) is 2.20. The predicted octanol–water partition coefficient (Wildman–Crippen LogP) is 0.0664. The van der Waals surface area contributed by atoms with E-state index in [0.717, 1.165) is 12.8 Å². The second-order valence-corrected chi connectivity index (χ2v) is 5.61. The summed E-state index contributed by atoms with van der Waals surface area (Å²) >= 11 is 0. The maximum atomic E-state index is 10.3. The van der Waals surface area contributed by atoms with E-state index in [-0.39, 0.29) is 35.3 Å². The van der Waals surface area contributed by atoms with Crippen LogP contribution < -0.4 is 29.6 Å². The first-order chi connectivity index (χ1) is 7.06. The molecule has 0 N–H and O–H groups in total. The molecule has 3 nitrogen and oxygen atoms in total. The molecule has 0 spiro atoms. The molecule has 0 radical (unpaired) electrons. The summed E-state index contributed by atoms with van der Waals surface area (Å²) in [6, 6.07) is 0. The Balaban J connectivity index is 0. The topological polar surface area (TPSA) is 57.2 Å². The van der Waals surface area contributed by atoms with E-state index in [9.17, 15) is 13.0 Å². The molecular weight excluding hydrogens is 235 g/mol. The third-order valence-corrected chi connectivity index (χ3v) is 3.29. The Bertz CT molecular complexity index is 227. The molecular formula is C11H23NaO3S. The van der Waals surface area contributed by atoms with Gasteiger partial charge in [0.15, 0.2) is 0 Å². The molecule has 16 heavy (non-hydrogen) atoms. The Morgan fingerprint density at radius 1 is 0.812 bits per heavy atom. The zero-order valence-electron chi connectivity index (χ0n) is 10.7. The summed E-state index contributed by atoms with van der Waals surface area (Å²) < 4.78 is 30.8. The number of hydrogen-bond donors (Lipinski definition) is 0. The molecule has 5 heteroatoms. The number of hydrogen-bond acceptors (Lipinski definition) is 3. The van der Waals surface area contributed by atoms with Crippen molar-refractivity contribution in [3.05, 3.63) is 0 Å². The van der Waals surface area contributed by atoms with Gasteiger partial charge in [0, 0.05) is 5.75 Å². The van der Waals surface area contributed by atoms with Gasteiger partial charge in [-0.3, -0.25) is 0 Å². The van der Waals surface area contributed by atoms with Crippen molar-refractivity contribution >= 4 is 10.1 Å². The largest absolute Gasteiger partial charge is 1.00 e. The van der Waals surface area contributed by atoms with E-state index < -0.39 is 10.1 Å². The van der Waals surface area contributed by atoms with Gasteiger partial charge in [-0.2, -0.15) is 0 Å². The fourth-order valence-corrected chi connectivity index (χ4v) is 2.15. The number of unbranched alkanes of at least 4 members (excludes halogenated alkanes) is 8. The maximum absolute atomic E-state index is 10.3. The molecule has 0 aromatic carbocycles. The first-order valence-corrected chi connectivity index (χ1v) is 7.57. The van der Waals surface area contributed by atoms with Crippen molar-refractivity contribution in [2.75, 3.05) is 5.75 Å². The van der Waals surface area contributed by atoms with Crippen molar-refractivity contribution in [1.29, 1.82) is 0 Å². The van der Waals surface area contributed by atoms with Crippen LogP contribution >= 0.6 is 0 Å². The first-order valence-electron chi connectivity index (χ1n) is 6.00. The standard InChI is InChI=1S/C11H24O3S.Na/c1-2-3-4-5-6-7-8-9-10-11-15(12,13)14;/h2-11H2,1H3,(H,12,13,14);/q;+1/p-1. The Labute approximate surface area is 122 Å². The van der Waals surface area contributed by atoms with Gasteiger partial charge in [0.2, 0.25) is 0 Å². The Morgan fingerprint density at radius 3 is 1.56 bits per heavy atom. The minimum atomic E-state index is -3.98. The molecule has 0 aromatic heterocycles. The van der Waals surface area contributed by atoms with Crippen LogP contribution in [-0.2, 0) is 10.1 Å². The second kappa shape index (κ2) is 12.4. The average molecular weight is 258 g/mol. The normalized spacial score (nSPS) is 11.1. The van der Waals surface area contributed by atoms with Gasteiger partial charge in [0.05, 0.1) is 10.1 Å². The summed E-state index contributed by atoms with van der Waals surface area (Å²) in [6.07, 6.45) is 10.0. The third-order valence-electron chi connectivity index (χ3n) is 2.50. The van der Waals surface area contributed by atoms with Crippen LogP contribution in [0.1, 0.15) is 64.7 Å². The fourth-order valence-electron chi connectivity index (χ4n) is 1.59. The van der Waals surface area contributed by atoms with Crippen molar-refractivity contribution in [3.63, 3.8) is 0 Å². The van der Waals surface area contributed by atoms with Gasteiger partial charge < -0.3 is 4.55 Å². The predicted molar refractivity (Wildman–Crippen MR) is 61.8 cm³/mol. The zero-order chi connectivity index (χ0) is 11.6. The van der Waals surface area contributed by atoms with Crippen LogP contribution in [0.5, 0.6) is 0 Å². The van der Waals surface area contributed by atoms with Gasteiger partial charge in [-0.05, 0) is 6.42 Å². The van der Waals surface area contributed by atoms with Crippen LogP contribution in [0.2, 0.25) is 0 Å². The molecule has 92 valence electrons. The van der Waals surface area contributed by atoms with Crippen molar-refractivity contribution in [3.8, 4) is 0 Å². The summed E-state index contributed by atoms with van der Waals surface area (Å²) in [7, 11) is -3.98. The summed E-state index contributed by atoms with van der Waals surface area (Å²) in [5, 5.41) is 0. The molecule has 0 amide bonds. The molecule has 0 fully saturated rings. The van der Waals surface area contributed by atoms with Crippen LogP contribution in [0.15, 0.2) is 0 Å². The van der Waals surface area contributed by atoms with Gasteiger partial charge in [-0.1, -0.05) is 58.3 Å². The van der Waals surface area contributed by atoms with E-state index >= 15 is 0 Å². The number of rotatable bonds is 10.